The lowest BCUT2D eigenvalue weighted by molar-refractivity contribution is -0.274. The van der Waals surface area contributed by atoms with Crippen LogP contribution in [-0.2, 0) is 7.05 Å². The number of hydrogen-bond acceptors (Lipinski definition) is 4. The molecule has 0 unspecified atom stereocenters. The quantitative estimate of drug-likeness (QED) is 0.681. The Labute approximate surface area is 136 Å². The van der Waals surface area contributed by atoms with E-state index < -0.39 is 12.1 Å². The van der Waals surface area contributed by atoms with Crippen molar-refractivity contribution in [1.82, 2.24) is 9.78 Å². The van der Waals surface area contributed by atoms with Crippen molar-refractivity contribution >= 4 is 11.3 Å². The lowest BCUT2D eigenvalue weighted by Crippen LogP contribution is -2.17. The second-order valence-electron chi connectivity index (χ2n) is 5.08. The van der Waals surface area contributed by atoms with Gasteiger partial charge >= 0.3 is 6.36 Å². The summed E-state index contributed by atoms with van der Waals surface area (Å²) >= 11 is 0. The zero-order valence-corrected chi connectivity index (χ0v) is 13.1. The molecule has 1 aromatic heterocycles. The lowest BCUT2D eigenvalue weighted by atomic mass is 10.0. The number of ether oxygens (including phenoxy) is 1. The highest BCUT2D eigenvalue weighted by molar-refractivity contribution is 5.94. The first kappa shape index (κ1) is 17.4. The average Bonchev–Trinajstić information content (AvgIpc) is 2.73. The van der Waals surface area contributed by atoms with E-state index in [1.165, 1.54) is 12.1 Å². The van der Waals surface area contributed by atoms with E-state index in [-0.39, 0.29) is 16.9 Å². The van der Waals surface area contributed by atoms with Gasteiger partial charge in [-0.3, -0.25) is 4.68 Å². The van der Waals surface area contributed by atoms with Crippen molar-refractivity contribution in [2.75, 3.05) is 0 Å². The first-order chi connectivity index (χ1) is 11.1. The van der Waals surface area contributed by atoms with Crippen LogP contribution < -0.4 is 4.74 Å². The number of hydrogen-bond donors (Lipinski definition) is 1. The Bertz CT molecular complexity index is 828. The molecule has 0 saturated carbocycles. The molecule has 5 nitrogen and oxygen atoms in total. The predicted octanol–water partition coefficient (Wildman–Crippen LogP) is 3.89. The average molecular weight is 337 g/mol. The lowest BCUT2D eigenvalue weighted by Gasteiger charge is -2.10. The zero-order valence-electron chi connectivity index (χ0n) is 13.1. The number of nitrogens with zero attached hydrogens (tertiary/aromatic N) is 3. The Kier molecular flexibility index (Phi) is 4.55. The normalized spacial score (nSPS) is 12.5. The summed E-state index contributed by atoms with van der Waals surface area (Å²) in [6.07, 6.45) is -4.79. The Morgan fingerprint density at radius 1 is 1.25 bits per heavy atom. The standard InChI is InChI=1S/C16H14F3N3O2/c1-9-14(10(2)22(3)21-9)15(23)13(8-20)11-4-6-12(7-5-11)24-16(17,18)19/h4-7,23H,1-3H3/b15-13-. The third kappa shape index (κ3) is 3.51. The van der Waals surface area contributed by atoms with Gasteiger partial charge in [-0.1, -0.05) is 0 Å². The summed E-state index contributed by atoms with van der Waals surface area (Å²) in [7, 11) is 1.70. The number of nitriles is 1. The summed E-state index contributed by atoms with van der Waals surface area (Å²) < 4.78 is 41.9. The molecule has 126 valence electrons. The SMILES string of the molecule is Cc1nn(C)c(C)c1/C(O)=C(\C#N)c1ccc(OC(F)(F)F)cc1. The van der Waals surface area contributed by atoms with Gasteiger partial charge in [0.05, 0.1) is 11.3 Å². The van der Waals surface area contributed by atoms with Crippen LogP contribution in [0.2, 0.25) is 0 Å². The van der Waals surface area contributed by atoms with Gasteiger partial charge in [0.25, 0.3) is 0 Å². The number of aryl methyl sites for hydroxylation is 2. The smallest absolute Gasteiger partial charge is 0.506 e. The van der Waals surface area contributed by atoms with E-state index in [1.807, 2.05) is 6.07 Å². The highest BCUT2D eigenvalue weighted by Gasteiger charge is 2.31. The molecule has 0 fully saturated rings. The Balaban J connectivity index is 2.46. The fourth-order valence-electron chi connectivity index (χ4n) is 2.32. The van der Waals surface area contributed by atoms with Gasteiger partial charge in [0.1, 0.15) is 23.2 Å². The molecule has 0 radical (unpaired) electrons. The van der Waals surface area contributed by atoms with E-state index >= 15 is 0 Å². The topological polar surface area (TPSA) is 71.1 Å². The zero-order chi connectivity index (χ0) is 18.1. The third-order valence-electron chi connectivity index (χ3n) is 3.47. The van der Waals surface area contributed by atoms with E-state index in [0.29, 0.717) is 17.0 Å². The van der Waals surface area contributed by atoms with Crippen molar-refractivity contribution in [3.63, 3.8) is 0 Å². The van der Waals surface area contributed by atoms with Gasteiger partial charge in [-0.05, 0) is 43.7 Å². The fourth-order valence-corrected chi connectivity index (χ4v) is 2.32. The third-order valence-corrected chi connectivity index (χ3v) is 3.47. The molecule has 0 bridgehead atoms. The molecule has 0 aliphatic carbocycles. The summed E-state index contributed by atoms with van der Waals surface area (Å²) in [5, 5.41) is 24.0. The van der Waals surface area contributed by atoms with Crippen LogP contribution in [0.1, 0.15) is 22.5 Å². The molecule has 1 aromatic carbocycles. The van der Waals surface area contributed by atoms with Crippen molar-refractivity contribution in [3.05, 3.63) is 46.8 Å². The van der Waals surface area contributed by atoms with Crippen LogP contribution in [0, 0.1) is 25.2 Å². The number of aromatic nitrogens is 2. The van der Waals surface area contributed by atoms with Crippen molar-refractivity contribution in [3.8, 4) is 11.8 Å². The van der Waals surface area contributed by atoms with E-state index in [4.69, 9.17) is 0 Å². The Hall–Kier alpha value is -2.95. The maximum absolute atomic E-state index is 12.2. The van der Waals surface area contributed by atoms with Crippen molar-refractivity contribution in [2.45, 2.75) is 20.2 Å². The van der Waals surface area contributed by atoms with Crippen LogP contribution in [0.15, 0.2) is 24.3 Å². The second kappa shape index (κ2) is 6.28. The van der Waals surface area contributed by atoms with Crippen LogP contribution in [0.3, 0.4) is 0 Å². The Morgan fingerprint density at radius 3 is 2.25 bits per heavy atom. The van der Waals surface area contributed by atoms with Crippen LogP contribution in [0.5, 0.6) is 5.75 Å². The predicted molar refractivity (Wildman–Crippen MR) is 80.9 cm³/mol. The van der Waals surface area contributed by atoms with Crippen LogP contribution in [-0.4, -0.2) is 21.2 Å². The molecule has 2 rings (SSSR count). The van der Waals surface area contributed by atoms with Crippen molar-refractivity contribution < 1.29 is 23.0 Å². The minimum atomic E-state index is -4.79. The number of aliphatic hydroxyl groups is 1. The summed E-state index contributed by atoms with van der Waals surface area (Å²) in [6, 6.07) is 6.59. The van der Waals surface area contributed by atoms with Crippen molar-refractivity contribution in [2.24, 2.45) is 7.05 Å². The summed E-state index contributed by atoms with van der Waals surface area (Å²) in [5.74, 6) is -0.679. The van der Waals surface area contributed by atoms with Gasteiger partial charge in [-0.25, -0.2) is 0 Å². The maximum atomic E-state index is 12.2. The highest BCUT2D eigenvalue weighted by Crippen LogP contribution is 2.30. The molecule has 0 aliphatic heterocycles. The number of benzene rings is 1. The van der Waals surface area contributed by atoms with Crippen LogP contribution >= 0.6 is 0 Å². The van der Waals surface area contributed by atoms with Gasteiger partial charge in [-0.15, -0.1) is 13.2 Å². The second-order valence-corrected chi connectivity index (χ2v) is 5.08. The molecule has 8 heteroatoms. The molecule has 24 heavy (non-hydrogen) atoms. The number of halogens is 3. The first-order valence-electron chi connectivity index (χ1n) is 6.84. The summed E-state index contributed by atoms with van der Waals surface area (Å²) in [5.41, 5.74) is 1.83. The summed E-state index contributed by atoms with van der Waals surface area (Å²) in [6.45, 7) is 3.43. The molecule has 0 saturated heterocycles. The van der Waals surface area contributed by atoms with E-state index in [0.717, 1.165) is 12.1 Å². The molecule has 1 heterocycles. The van der Waals surface area contributed by atoms with E-state index in [1.54, 1.807) is 25.6 Å². The van der Waals surface area contributed by atoms with E-state index in [9.17, 15) is 23.5 Å². The highest BCUT2D eigenvalue weighted by atomic mass is 19.4. The van der Waals surface area contributed by atoms with E-state index in [2.05, 4.69) is 9.84 Å². The molecular formula is C16H14F3N3O2. The number of allylic oxidation sites excluding steroid dienone is 1. The summed E-state index contributed by atoms with van der Waals surface area (Å²) in [4.78, 5) is 0. The van der Waals surface area contributed by atoms with Gasteiger partial charge in [0, 0.05) is 12.7 Å². The number of aliphatic hydroxyl groups excluding tert-OH is 1. The van der Waals surface area contributed by atoms with Gasteiger partial charge in [-0.2, -0.15) is 10.4 Å². The molecule has 0 aliphatic rings. The van der Waals surface area contributed by atoms with Crippen LogP contribution in [0.25, 0.3) is 11.3 Å². The molecular weight excluding hydrogens is 323 g/mol. The Morgan fingerprint density at radius 2 is 1.83 bits per heavy atom. The maximum Gasteiger partial charge on any atom is 0.573 e. The molecule has 0 amide bonds. The van der Waals surface area contributed by atoms with Gasteiger partial charge in [0.2, 0.25) is 0 Å². The van der Waals surface area contributed by atoms with Crippen molar-refractivity contribution in [1.29, 1.82) is 5.26 Å². The minimum absolute atomic E-state index is 0.0623. The monoisotopic (exact) mass is 337 g/mol. The first-order valence-corrected chi connectivity index (χ1v) is 6.84. The number of alkyl halides is 3. The minimum Gasteiger partial charge on any atom is -0.506 e. The molecule has 1 N–H and O–H groups in total. The van der Waals surface area contributed by atoms with Gasteiger partial charge in [0.15, 0.2) is 0 Å². The molecule has 2 aromatic rings. The van der Waals surface area contributed by atoms with Crippen LogP contribution in [0.4, 0.5) is 13.2 Å². The fraction of sp³-hybridized carbons (Fsp3) is 0.250. The largest absolute Gasteiger partial charge is 0.573 e. The number of rotatable bonds is 3. The van der Waals surface area contributed by atoms with Gasteiger partial charge < -0.3 is 9.84 Å². The molecule has 0 spiro atoms. The molecule has 0 atom stereocenters.